The molecule has 0 saturated carbocycles. The van der Waals surface area contributed by atoms with Gasteiger partial charge in [0.1, 0.15) is 6.54 Å². The number of benzene rings is 2. The number of fused-ring (bicyclic) bond motifs is 1. The second-order valence-corrected chi connectivity index (χ2v) is 10.0. The van der Waals surface area contributed by atoms with Gasteiger partial charge in [-0.15, -0.1) is 0 Å². The van der Waals surface area contributed by atoms with Gasteiger partial charge in [0.2, 0.25) is 5.91 Å². The Hall–Kier alpha value is -3.94. The van der Waals surface area contributed by atoms with Crippen molar-refractivity contribution in [2.45, 2.75) is 39.9 Å². The molecule has 2 atom stereocenters. The van der Waals surface area contributed by atoms with Crippen molar-refractivity contribution in [1.29, 1.82) is 0 Å². The van der Waals surface area contributed by atoms with E-state index in [2.05, 4.69) is 18.8 Å². The zero-order valence-corrected chi connectivity index (χ0v) is 20.7. The number of rotatable bonds is 6. The van der Waals surface area contributed by atoms with E-state index >= 15 is 0 Å². The predicted molar refractivity (Wildman–Crippen MR) is 139 cm³/mol. The number of likely N-dealkylation sites (tertiary alicyclic amines) is 1. The standard InChI is InChI=1S/C28H31N5O3/c1-20-13-21(2)15-30(14-20)24(34)18-33-27(35)25-26(29-19-31(25)16-22-9-5-3-6-10-22)32(28(33)36)17-23-11-7-4-8-12-23/h3-12,19-21H,13-18H2,1-2H3/t20-,21-/m1/s1. The molecule has 3 heterocycles. The minimum atomic E-state index is -0.521. The molecule has 4 aromatic rings. The fraction of sp³-hybridized carbons (Fsp3) is 0.357. The second-order valence-electron chi connectivity index (χ2n) is 10.0. The molecule has 0 bridgehead atoms. The normalized spacial score (nSPS) is 18.0. The van der Waals surface area contributed by atoms with Crippen molar-refractivity contribution >= 4 is 17.1 Å². The van der Waals surface area contributed by atoms with Crippen molar-refractivity contribution in [1.82, 2.24) is 23.6 Å². The molecule has 1 aliphatic rings. The Morgan fingerprint density at radius 3 is 2.06 bits per heavy atom. The van der Waals surface area contributed by atoms with Crippen molar-refractivity contribution < 1.29 is 4.79 Å². The number of piperidine rings is 1. The van der Waals surface area contributed by atoms with Crippen LogP contribution in [0.5, 0.6) is 0 Å². The first-order valence-corrected chi connectivity index (χ1v) is 12.4. The summed E-state index contributed by atoms with van der Waals surface area (Å²) >= 11 is 0. The third-order valence-electron chi connectivity index (χ3n) is 6.88. The highest BCUT2D eigenvalue weighted by molar-refractivity contribution is 5.77. The lowest BCUT2D eigenvalue weighted by Crippen LogP contribution is -2.48. The molecule has 0 N–H and O–H groups in total. The lowest BCUT2D eigenvalue weighted by molar-refractivity contribution is -0.134. The Balaban J connectivity index is 1.60. The number of imidazole rings is 1. The van der Waals surface area contributed by atoms with E-state index in [4.69, 9.17) is 0 Å². The van der Waals surface area contributed by atoms with E-state index in [1.165, 1.54) is 4.57 Å². The zero-order valence-electron chi connectivity index (χ0n) is 20.7. The van der Waals surface area contributed by atoms with Gasteiger partial charge in [0.15, 0.2) is 11.2 Å². The molecular weight excluding hydrogens is 454 g/mol. The number of nitrogens with zero attached hydrogens (tertiary/aromatic N) is 5. The predicted octanol–water partition coefficient (Wildman–Crippen LogP) is 2.96. The van der Waals surface area contributed by atoms with E-state index in [1.807, 2.05) is 60.7 Å². The number of carbonyl (C=O) groups is 1. The maximum absolute atomic E-state index is 13.7. The van der Waals surface area contributed by atoms with Gasteiger partial charge in [-0.05, 0) is 29.4 Å². The Labute approximate surface area is 209 Å². The molecule has 0 unspecified atom stereocenters. The molecule has 2 aromatic carbocycles. The molecule has 1 saturated heterocycles. The quantitative estimate of drug-likeness (QED) is 0.421. The first-order chi connectivity index (χ1) is 17.4. The zero-order chi connectivity index (χ0) is 25.2. The van der Waals surface area contributed by atoms with Gasteiger partial charge in [-0.3, -0.25) is 14.2 Å². The summed E-state index contributed by atoms with van der Waals surface area (Å²) in [5, 5.41) is 0. The van der Waals surface area contributed by atoms with Crippen LogP contribution in [0.4, 0.5) is 0 Å². The summed E-state index contributed by atoms with van der Waals surface area (Å²) in [4.78, 5) is 46.9. The van der Waals surface area contributed by atoms with Gasteiger partial charge in [0.25, 0.3) is 5.56 Å². The van der Waals surface area contributed by atoms with Crippen LogP contribution in [0.15, 0.2) is 76.6 Å². The number of carbonyl (C=O) groups excluding carboxylic acids is 1. The first-order valence-electron chi connectivity index (χ1n) is 12.4. The van der Waals surface area contributed by atoms with Gasteiger partial charge in [-0.1, -0.05) is 74.5 Å². The molecule has 36 heavy (non-hydrogen) atoms. The minimum Gasteiger partial charge on any atom is -0.341 e. The van der Waals surface area contributed by atoms with Crippen LogP contribution in [0.25, 0.3) is 11.2 Å². The average molecular weight is 486 g/mol. The minimum absolute atomic E-state index is 0.202. The largest absolute Gasteiger partial charge is 0.341 e. The summed E-state index contributed by atoms with van der Waals surface area (Å²) in [6.45, 7) is 5.95. The van der Waals surface area contributed by atoms with E-state index in [0.717, 1.165) is 22.1 Å². The molecular formula is C28H31N5O3. The van der Waals surface area contributed by atoms with Crippen molar-refractivity contribution in [3.8, 4) is 0 Å². The molecule has 186 valence electrons. The summed E-state index contributed by atoms with van der Waals surface area (Å²) in [6.07, 6.45) is 2.67. The summed E-state index contributed by atoms with van der Waals surface area (Å²) in [5.41, 5.74) is 1.56. The van der Waals surface area contributed by atoms with Crippen molar-refractivity contribution in [2.75, 3.05) is 13.1 Å². The fourth-order valence-corrected chi connectivity index (χ4v) is 5.29. The van der Waals surface area contributed by atoms with E-state index in [-0.39, 0.29) is 19.0 Å². The highest BCUT2D eigenvalue weighted by Gasteiger charge is 2.27. The fourth-order valence-electron chi connectivity index (χ4n) is 5.29. The summed E-state index contributed by atoms with van der Waals surface area (Å²) in [7, 11) is 0. The average Bonchev–Trinajstić information content (AvgIpc) is 3.28. The molecule has 1 fully saturated rings. The summed E-state index contributed by atoms with van der Waals surface area (Å²) in [6, 6.07) is 19.4. The highest BCUT2D eigenvalue weighted by Crippen LogP contribution is 2.21. The van der Waals surface area contributed by atoms with E-state index in [0.29, 0.717) is 42.6 Å². The van der Waals surface area contributed by atoms with Crippen molar-refractivity contribution in [3.63, 3.8) is 0 Å². The number of hydrogen-bond donors (Lipinski definition) is 0. The van der Waals surface area contributed by atoms with Crippen molar-refractivity contribution in [3.05, 3.63) is 99.0 Å². The van der Waals surface area contributed by atoms with Crippen LogP contribution in [0, 0.1) is 11.8 Å². The maximum Gasteiger partial charge on any atom is 0.333 e. The van der Waals surface area contributed by atoms with Crippen LogP contribution in [0.1, 0.15) is 31.4 Å². The van der Waals surface area contributed by atoms with Gasteiger partial charge in [0.05, 0.1) is 12.9 Å². The molecule has 1 amide bonds. The molecule has 0 aliphatic carbocycles. The number of hydrogen-bond acceptors (Lipinski definition) is 4. The SMILES string of the molecule is C[C@@H]1C[C@@H](C)CN(C(=O)Cn2c(=O)c3c(ncn3Cc3ccccc3)n(Cc3ccccc3)c2=O)C1. The molecule has 5 rings (SSSR count). The van der Waals surface area contributed by atoms with Crippen LogP contribution in [0.2, 0.25) is 0 Å². The number of aromatic nitrogens is 4. The van der Waals surface area contributed by atoms with E-state index in [9.17, 15) is 14.4 Å². The summed E-state index contributed by atoms with van der Waals surface area (Å²) < 4.78 is 4.35. The Morgan fingerprint density at radius 1 is 0.861 bits per heavy atom. The molecule has 8 nitrogen and oxygen atoms in total. The molecule has 2 aromatic heterocycles. The van der Waals surface area contributed by atoms with Crippen LogP contribution in [0.3, 0.4) is 0 Å². The number of amides is 1. The van der Waals surface area contributed by atoms with Crippen molar-refractivity contribution in [2.24, 2.45) is 11.8 Å². The lowest BCUT2D eigenvalue weighted by Gasteiger charge is -2.35. The topological polar surface area (TPSA) is 82.1 Å². The van der Waals surface area contributed by atoms with Gasteiger partial charge in [-0.2, -0.15) is 0 Å². The van der Waals surface area contributed by atoms with Crippen LogP contribution in [-0.4, -0.2) is 42.6 Å². The Kier molecular flexibility index (Phi) is 6.59. The third-order valence-corrected chi connectivity index (χ3v) is 6.88. The maximum atomic E-state index is 13.7. The van der Waals surface area contributed by atoms with E-state index in [1.54, 1.807) is 15.8 Å². The Bertz CT molecular complexity index is 1480. The first kappa shape index (κ1) is 23.8. The Morgan fingerprint density at radius 2 is 1.44 bits per heavy atom. The van der Waals surface area contributed by atoms with E-state index < -0.39 is 11.2 Å². The molecule has 1 aliphatic heterocycles. The summed E-state index contributed by atoms with van der Waals surface area (Å²) in [5.74, 6) is 0.574. The van der Waals surface area contributed by atoms with Gasteiger partial charge in [-0.25, -0.2) is 14.3 Å². The van der Waals surface area contributed by atoms with Crippen LogP contribution in [-0.2, 0) is 24.4 Å². The lowest BCUT2D eigenvalue weighted by atomic mass is 9.92. The molecule has 0 radical (unpaired) electrons. The van der Waals surface area contributed by atoms with Gasteiger partial charge < -0.3 is 9.47 Å². The van der Waals surface area contributed by atoms with Gasteiger partial charge >= 0.3 is 5.69 Å². The monoisotopic (exact) mass is 485 g/mol. The smallest absolute Gasteiger partial charge is 0.333 e. The molecule has 0 spiro atoms. The van der Waals surface area contributed by atoms with Crippen LogP contribution < -0.4 is 11.2 Å². The molecule has 8 heteroatoms. The van der Waals surface area contributed by atoms with Gasteiger partial charge in [0, 0.05) is 19.6 Å². The second kappa shape index (κ2) is 9.97. The third kappa shape index (κ3) is 4.76. The highest BCUT2D eigenvalue weighted by atomic mass is 16.2. The van der Waals surface area contributed by atoms with Crippen LogP contribution >= 0.6 is 0 Å².